The van der Waals surface area contributed by atoms with Crippen molar-refractivity contribution in [3.8, 4) is 0 Å². The Morgan fingerprint density at radius 1 is 1.24 bits per heavy atom. The highest BCUT2D eigenvalue weighted by Gasteiger charge is 2.13. The van der Waals surface area contributed by atoms with Gasteiger partial charge in [0.1, 0.15) is 5.82 Å². The van der Waals surface area contributed by atoms with E-state index in [2.05, 4.69) is 10.1 Å². The van der Waals surface area contributed by atoms with Crippen molar-refractivity contribution in [3.05, 3.63) is 63.4 Å². The van der Waals surface area contributed by atoms with Crippen LogP contribution in [0.15, 0.2) is 36.4 Å². The first-order chi connectivity index (χ1) is 10.0. The number of anilines is 1. The second-order valence-electron chi connectivity index (χ2n) is 4.24. The van der Waals surface area contributed by atoms with Crippen molar-refractivity contribution < 1.29 is 13.9 Å². The highest BCUT2D eigenvalue weighted by molar-refractivity contribution is 6.36. The first kappa shape index (κ1) is 15.6. The Kier molecular flexibility index (Phi) is 5.04. The SMILES string of the molecule is COC(=O)c1cc(NCc2c(Cl)cccc2Cl)ccc1F. The third-order valence-electron chi connectivity index (χ3n) is 2.90. The third-order valence-corrected chi connectivity index (χ3v) is 3.61. The molecule has 110 valence electrons. The fourth-order valence-electron chi connectivity index (χ4n) is 1.79. The van der Waals surface area contributed by atoms with Crippen LogP contribution in [0, 0.1) is 5.82 Å². The van der Waals surface area contributed by atoms with Crippen molar-refractivity contribution in [3.63, 3.8) is 0 Å². The predicted molar refractivity (Wildman–Crippen MR) is 81.5 cm³/mol. The summed E-state index contributed by atoms with van der Waals surface area (Å²) in [5.41, 5.74) is 1.16. The van der Waals surface area contributed by atoms with Gasteiger partial charge in [-0.3, -0.25) is 0 Å². The summed E-state index contributed by atoms with van der Waals surface area (Å²) in [7, 11) is 1.20. The van der Waals surface area contributed by atoms with E-state index < -0.39 is 11.8 Å². The summed E-state index contributed by atoms with van der Waals surface area (Å²) >= 11 is 12.1. The molecule has 1 N–H and O–H groups in total. The number of halogens is 3. The lowest BCUT2D eigenvalue weighted by atomic mass is 10.1. The second kappa shape index (κ2) is 6.78. The highest BCUT2D eigenvalue weighted by atomic mass is 35.5. The Morgan fingerprint density at radius 3 is 2.52 bits per heavy atom. The standard InChI is InChI=1S/C15H12Cl2FNO2/c1-21-15(20)10-7-9(5-6-14(10)18)19-8-11-12(16)3-2-4-13(11)17/h2-7,19H,8H2,1H3. The summed E-state index contributed by atoms with van der Waals surface area (Å²) in [4.78, 5) is 11.4. The number of methoxy groups -OCH3 is 1. The number of nitrogens with one attached hydrogen (secondary N) is 1. The molecule has 2 aromatic rings. The van der Waals surface area contributed by atoms with Gasteiger partial charge in [0, 0.05) is 27.8 Å². The zero-order chi connectivity index (χ0) is 15.4. The van der Waals surface area contributed by atoms with Gasteiger partial charge < -0.3 is 10.1 Å². The molecule has 3 nitrogen and oxygen atoms in total. The molecule has 0 unspecified atom stereocenters. The van der Waals surface area contributed by atoms with Gasteiger partial charge in [-0.25, -0.2) is 9.18 Å². The van der Waals surface area contributed by atoms with Crippen LogP contribution in [-0.2, 0) is 11.3 Å². The molecular formula is C15H12Cl2FNO2. The number of benzene rings is 2. The predicted octanol–water partition coefficient (Wildman–Crippen LogP) is 4.53. The molecule has 0 saturated heterocycles. The normalized spacial score (nSPS) is 10.3. The van der Waals surface area contributed by atoms with Crippen molar-refractivity contribution in [1.82, 2.24) is 0 Å². The number of rotatable bonds is 4. The molecule has 0 spiro atoms. The molecule has 6 heteroatoms. The lowest BCUT2D eigenvalue weighted by Crippen LogP contribution is -2.07. The fraction of sp³-hybridized carbons (Fsp3) is 0.133. The van der Waals surface area contributed by atoms with Crippen molar-refractivity contribution in [2.75, 3.05) is 12.4 Å². The number of carbonyl (C=O) groups excluding carboxylic acids is 1. The van der Waals surface area contributed by atoms with E-state index in [1.165, 1.54) is 25.3 Å². The first-order valence-electron chi connectivity index (χ1n) is 6.07. The van der Waals surface area contributed by atoms with E-state index >= 15 is 0 Å². The van der Waals surface area contributed by atoms with E-state index in [1.54, 1.807) is 18.2 Å². The lowest BCUT2D eigenvalue weighted by molar-refractivity contribution is 0.0595. The molecule has 0 heterocycles. The summed E-state index contributed by atoms with van der Waals surface area (Å²) in [6.45, 7) is 0.352. The van der Waals surface area contributed by atoms with Crippen LogP contribution in [0.3, 0.4) is 0 Å². The van der Waals surface area contributed by atoms with Crippen LogP contribution < -0.4 is 5.32 Å². The van der Waals surface area contributed by atoms with E-state index in [1.807, 2.05) is 0 Å². The maximum absolute atomic E-state index is 13.5. The van der Waals surface area contributed by atoms with Crippen molar-refractivity contribution >= 4 is 34.9 Å². The summed E-state index contributed by atoms with van der Waals surface area (Å²) in [6.07, 6.45) is 0. The van der Waals surface area contributed by atoms with Gasteiger partial charge in [0.05, 0.1) is 12.7 Å². The first-order valence-corrected chi connectivity index (χ1v) is 6.83. The van der Waals surface area contributed by atoms with Gasteiger partial charge in [0.2, 0.25) is 0 Å². The Hall–Kier alpha value is -1.78. The maximum Gasteiger partial charge on any atom is 0.340 e. The number of esters is 1. The minimum Gasteiger partial charge on any atom is -0.465 e. The monoisotopic (exact) mass is 327 g/mol. The van der Waals surface area contributed by atoms with E-state index in [9.17, 15) is 9.18 Å². The maximum atomic E-state index is 13.5. The minimum absolute atomic E-state index is 0.132. The summed E-state index contributed by atoms with van der Waals surface area (Å²) < 4.78 is 18.1. The smallest absolute Gasteiger partial charge is 0.340 e. The second-order valence-corrected chi connectivity index (χ2v) is 5.05. The minimum atomic E-state index is -0.730. The van der Waals surface area contributed by atoms with Crippen LogP contribution in [0.4, 0.5) is 10.1 Å². The molecule has 21 heavy (non-hydrogen) atoms. The molecule has 0 aliphatic rings. The molecule has 0 atom stereocenters. The average Bonchev–Trinajstić information content (AvgIpc) is 2.47. The zero-order valence-corrected chi connectivity index (χ0v) is 12.6. The fourth-order valence-corrected chi connectivity index (χ4v) is 2.32. The molecular weight excluding hydrogens is 316 g/mol. The molecule has 0 fully saturated rings. The summed E-state index contributed by atoms with van der Waals surface area (Å²) in [5.74, 6) is -1.37. The van der Waals surface area contributed by atoms with Crippen molar-refractivity contribution in [2.45, 2.75) is 6.54 Å². The molecule has 0 bridgehead atoms. The van der Waals surface area contributed by atoms with E-state index in [-0.39, 0.29) is 5.56 Å². The Bertz CT molecular complexity index is 656. The molecule has 0 saturated carbocycles. The lowest BCUT2D eigenvalue weighted by Gasteiger charge is -2.11. The zero-order valence-electron chi connectivity index (χ0n) is 11.1. The summed E-state index contributed by atoms with van der Waals surface area (Å²) in [6, 6.07) is 9.31. The Morgan fingerprint density at radius 2 is 1.90 bits per heavy atom. The third kappa shape index (κ3) is 3.65. The van der Waals surface area contributed by atoms with Gasteiger partial charge in [-0.05, 0) is 30.3 Å². The number of hydrogen-bond acceptors (Lipinski definition) is 3. The number of ether oxygens (including phenoxy) is 1. The van der Waals surface area contributed by atoms with Crippen LogP contribution in [0.1, 0.15) is 15.9 Å². The number of carbonyl (C=O) groups is 1. The number of hydrogen-bond donors (Lipinski definition) is 1. The van der Waals surface area contributed by atoms with Gasteiger partial charge in [-0.1, -0.05) is 29.3 Å². The van der Waals surface area contributed by atoms with Gasteiger partial charge in [0.25, 0.3) is 0 Å². The van der Waals surface area contributed by atoms with Crippen molar-refractivity contribution in [2.24, 2.45) is 0 Å². The molecule has 0 aliphatic heterocycles. The van der Waals surface area contributed by atoms with Crippen molar-refractivity contribution in [1.29, 1.82) is 0 Å². The molecule has 0 radical (unpaired) electrons. The Balaban J connectivity index is 2.19. The van der Waals surface area contributed by atoms with E-state index in [4.69, 9.17) is 23.2 Å². The molecule has 0 aliphatic carbocycles. The Labute approximate surface area is 131 Å². The van der Waals surface area contributed by atoms with E-state index in [0.717, 1.165) is 5.56 Å². The molecule has 2 rings (SSSR count). The van der Waals surface area contributed by atoms with Crippen LogP contribution in [-0.4, -0.2) is 13.1 Å². The topological polar surface area (TPSA) is 38.3 Å². The van der Waals surface area contributed by atoms with Gasteiger partial charge >= 0.3 is 5.97 Å². The quantitative estimate of drug-likeness (QED) is 0.838. The van der Waals surface area contributed by atoms with E-state index in [0.29, 0.717) is 22.3 Å². The van der Waals surface area contributed by atoms with Gasteiger partial charge in [-0.15, -0.1) is 0 Å². The highest BCUT2D eigenvalue weighted by Crippen LogP contribution is 2.25. The van der Waals surface area contributed by atoms with Gasteiger partial charge in [0.15, 0.2) is 0 Å². The molecule has 2 aromatic carbocycles. The molecule has 0 aromatic heterocycles. The van der Waals surface area contributed by atoms with Crippen LogP contribution >= 0.6 is 23.2 Å². The summed E-state index contributed by atoms with van der Waals surface area (Å²) in [5, 5.41) is 4.11. The average molecular weight is 328 g/mol. The van der Waals surface area contributed by atoms with Crippen LogP contribution in [0.5, 0.6) is 0 Å². The molecule has 0 amide bonds. The van der Waals surface area contributed by atoms with Crippen LogP contribution in [0.2, 0.25) is 10.0 Å². The largest absolute Gasteiger partial charge is 0.465 e. The van der Waals surface area contributed by atoms with Gasteiger partial charge in [-0.2, -0.15) is 0 Å². The van der Waals surface area contributed by atoms with Crippen LogP contribution in [0.25, 0.3) is 0 Å².